The van der Waals surface area contributed by atoms with Gasteiger partial charge in [0.05, 0.1) is 0 Å². The molecular weight excluding hydrogens is 254 g/mol. The van der Waals surface area contributed by atoms with E-state index in [1.165, 1.54) is 3.09 Å². The van der Waals surface area contributed by atoms with Crippen LogP contribution in [0.3, 0.4) is 0 Å². The van der Waals surface area contributed by atoms with Gasteiger partial charge in [-0.1, -0.05) is 0 Å². The Labute approximate surface area is 79.9 Å². The van der Waals surface area contributed by atoms with Crippen molar-refractivity contribution in [2.75, 3.05) is 0 Å². The van der Waals surface area contributed by atoms with Gasteiger partial charge in [0.2, 0.25) is 0 Å². The van der Waals surface area contributed by atoms with Crippen LogP contribution in [-0.2, 0) is 21.3 Å². The Morgan fingerprint density at radius 3 is 2.92 bits per heavy atom. The molecule has 1 N–H and O–H groups in total. The number of hydrogen-bond donors (Lipinski definition) is 1. The molecule has 6 nitrogen and oxygen atoms in total. The van der Waals surface area contributed by atoms with Gasteiger partial charge in [-0.15, -0.1) is 0 Å². The number of nitrogens with zero attached hydrogens (tertiary/aromatic N) is 5. The zero-order valence-electron chi connectivity index (χ0n) is 5.98. The van der Waals surface area contributed by atoms with Gasteiger partial charge in [0.1, 0.15) is 0 Å². The fraction of sp³-hybridized carbons (Fsp3) is 0.200. The number of hydrogen-bond acceptors (Lipinski definition) is 5. The molecule has 66 valence electrons. The third-order valence-electron chi connectivity index (χ3n) is 1.34. The summed E-state index contributed by atoms with van der Waals surface area (Å²) < 4.78 is 1.24. The van der Waals surface area contributed by atoms with E-state index in [2.05, 4.69) is 41.6 Å². The average Bonchev–Trinajstić information content (AvgIpc) is 2.31. The first kappa shape index (κ1) is 7.66. The van der Waals surface area contributed by atoms with Crippen molar-refractivity contribution in [2.45, 2.75) is 6.92 Å². The normalized spacial score (nSPS) is 10.9. The van der Waals surface area contributed by atoms with Crippen molar-refractivity contribution in [1.29, 1.82) is 0 Å². The van der Waals surface area contributed by atoms with Gasteiger partial charge in [0, 0.05) is 0 Å². The maximum absolute atomic E-state index is 9.34. The molecule has 12 heavy (non-hydrogen) atoms. The van der Waals surface area contributed by atoms with Gasteiger partial charge in [0.25, 0.3) is 0 Å². The molecule has 0 saturated carbocycles. The standard InChI is InChI=1S/C5H4N5O.Ag/c1-2-6-4-3(5(11)7-2)8-10-9-4;/h1H3,(H-,6,7,8,9,10,11);/q-1;+1. The Hall–Kier alpha value is -0.980. The topological polar surface area (TPSA) is 76.7 Å². The average molecular weight is 258 g/mol. The molecule has 2 aromatic rings. The van der Waals surface area contributed by atoms with Gasteiger partial charge in [-0.25, -0.2) is 0 Å². The van der Waals surface area contributed by atoms with Crippen molar-refractivity contribution in [1.82, 2.24) is 23.4 Å². The molecular formula is C5H4AgN5O. The molecule has 2 aromatic heterocycles. The van der Waals surface area contributed by atoms with E-state index >= 15 is 0 Å². The first-order chi connectivity index (χ1) is 5.68. The summed E-state index contributed by atoms with van der Waals surface area (Å²) in [5.41, 5.74) is 0.746. The van der Waals surface area contributed by atoms with Crippen LogP contribution in [0.4, 0.5) is 0 Å². The predicted molar refractivity (Wildman–Crippen MR) is 34.9 cm³/mol. The zero-order valence-corrected chi connectivity index (χ0v) is 7.47. The number of aromatic nitrogens is 5. The molecule has 0 aliphatic rings. The molecule has 2 heterocycles. The fourth-order valence-corrected chi connectivity index (χ4v) is 1.24. The summed E-state index contributed by atoms with van der Waals surface area (Å²) in [6.07, 6.45) is 0. The van der Waals surface area contributed by atoms with Crippen LogP contribution < -0.4 is 0 Å². The van der Waals surface area contributed by atoms with Gasteiger partial charge in [0.15, 0.2) is 0 Å². The molecule has 7 heteroatoms. The number of aryl methyl sites for hydroxylation is 1. The molecule has 0 bridgehead atoms. The van der Waals surface area contributed by atoms with Crippen molar-refractivity contribution < 1.29 is 26.4 Å². The van der Waals surface area contributed by atoms with Gasteiger partial charge < -0.3 is 0 Å². The van der Waals surface area contributed by atoms with Gasteiger partial charge in [-0.2, -0.15) is 0 Å². The van der Waals surface area contributed by atoms with E-state index in [-0.39, 0.29) is 5.88 Å². The predicted octanol–water partition coefficient (Wildman–Crippen LogP) is -0.455. The molecule has 0 aromatic carbocycles. The van der Waals surface area contributed by atoms with E-state index in [0.717, 1.165) is 0 Å². The van der Waals surface area contributed by atoms with Gasteiger partial charge in [-0.05, 0) is 0 Å². The van der Waals surface area contributed by atoms with Crippen molar-refractivity contribution in [3.63, 3.8) is 0 Å². The molecule has 0 spiro atoms. The minimum atomic E-state index is -0.126. The summed E-state index contributed by atoms with van der Waals surface area (Å²) in [6.45, 7) is 1.67. The van der Waals surface area contributed by atoms with E-state index in [0.29, 0.717) is 17.0 Å². The molecule has 0 radical (unpaired) electrons. The molecule has 0 saturated heterocycles. The Morgan fingerprint density at radius 1 is 1.42 bits per heavy atom. The fourth-order valence-electron chi connectivity index (χ4n) is 0.880. The second kappa shape index (κ2) is 2.51. The monoisotopic (exact) mass is 257 g/mol. The minimum absolute atomic E-state index is 0.126. The second-order valence-electron chi connectivity index (χ2n) is 2.18. The van der Waals surface area contributed by atoms with Crippen molar-refractivity contribution in [3.05, 3.63) is 5.82 Å². The van der Waals surface area contributed by atoms with Crippen LogP contribution in [0.1, 0.15) is 5.82 Å². The Kier molecular flexibility index (Phi) is 1.60. The third kappa shape index (κ3) is 1.01. The summed E-state index contributed by atoms with van der Waals surface area (Å²) in [7, 11) is 0. The van der Waals surface area contributed by atoms with Crippen molar-refractivity contribution >= 4 is 11.2 Å². The van der Waals surface area contributed by atoms with E-state index in [4.69, 9.17) is 0 Å². The number of aromatic hydroxyl groups is 1. The van der Waals surface area contributed by atoms with Crippen LogP contribution >= 0.6 is 0 Å². The summed E-state index contributed by atoms with van der Waals surface area (Å²) in [4.78, 5) is 7.71. The van der Waals surface area contributed by atoms with Crippen molar-refractivity contribution in [3.8, 4) is 5.88 Å². The van der Waals surface area contributed by atoms with Crippen LogP contribution in [0.25, 0.3) is 11.2 Å². The van der Waals surface area contributed by atoms with Crippen LogP contribution in [0.2, 0.25) is 0 Å². The Bertz CT molecular complexity index is 439. The van der Waals surface area contributed by atoms with Gasteiger partial charge in [-0.3, -0.25) is 0 Å². The zero-order chi connectivity index (χ0) is 8.72. The molecule has 2 rings (SSSR count). The Balaban J connectivity index is 2.93. The second-order valence-corrected chi connectivity index (χ2v) is 2.81. The van der Waals surface area contributed by atoms with Crippen LogP contribution in [-0.4, -0.2) is 28.5 Å². The first-order valence-corrected chi connectivity index (χ1v) is 3.76. The van der Waals surface area contributed by atoms with Crippen molar-refractivity contribution in [2.24, 2.45) is 0 Å². The molecule has 0 aliphatic heterocycles. The molecule has 0 unspecified atom stereocenters. The third-order valence-corrected chi connectivity index (χ3v) is 1.80. The molecule has 0 aliphatic carbocycles. The summed E-state index contributed by atoms with van der Waals surface area (Å²) in [5.74, 6) is 0.339. The van der Waals surface area contributed by atoms with E-state index in [9.17, 15) is 5.11 Å². The van der Waals surface area contributed by atoms with E-state index in [1.54, 1.807) is 6.92 Å². The van der Waals surface area contributed by atoms with E-state index in [1.807, 2.05) is 0 Å². The molecule has 0 fully saturated rings. The first-order valence-electron chi connectivity index (χ1n) is 3.10. The summed E-state index contributed by atoms with van der Waals surface area (Å²) in [6, 6.07) is 0. The molecule has 0 amide bonds. The summed E-state index contributed by atoms with van der Waals surface area (Å²) in [5, 5.41) is 16.7. The quantitative estimate of drug-likeness (QED) is 0.647. The van der Waals surface area contributed by atoms with Crippen LogP contribution in [0, 0.1) is 6.92 Å². The van der Waals surface area contributed by atoms with E-state index < -0.39 is 0 Å². The Morgan fingerprint density at radius 2 is 2.17 bits per heavy atom. The summed E-state index contributed by atoms with van der Waals surface area (Å²) >= 11 is 3.06. The number of fused-ring (bicyclic) bond motifs is 1. The molecule has 0 atom stereocenters. The van der Waals surface area contributed by atoms with Crippen LogP contribution in [0.15, 0.2) is 0 Å². The SMILES string of the molecule is Cc1nc(O)c2c(nn[n]2[Ag])n1. The van der Waals surface area contributed by atoms with Crippen LogP contribution in [0.5, 0.6) is 5.88 Å². The number of rotatable bonds is 0. The maximum atomic E-state index is 9.34. The van der Waals surface area contributed by atoms with Gasteiger partial charge >= 0.3 is 79.6 Å².